The van der Waals surface area contributed by atoms with Crippen molar-refractivity contribution >= 4 is 5.78 Å². The molecule has 0 spiro atoms. The van der Waals surface area contributed by atoms with Gasteiger partial charge in [0.15, 0.2) is 5.78 Å². The molecule has 0 aromatic heterocycles. The molecule has 3 nitrogen and oxygen atoms in total. The summed E-state index contributed by atoms with van der Waals surface area (Å²) in [5, 5.41) is 0. The molecular formula is C15H23NO2. The Morgan fingerprint density at radius 2 is 1.78 bits per heavy atom. The van der Waals surface area contributed by atoms with Crippen LogP contribution in [0.3, 0.4) is 0 Å². The number of hydrogen-bond donors (Lipinski definition) is 1. The highest BCUT2D eigenvalue weighted by Gasteiger charge is 2.23. The van der Waals surface area contributed by atoms with Crippen molar-refractivity contribution in [3.05, 3.63) is 28.8 Å². The van der Waals surface area contributed by atoms with Crippen molar-refractivity contribution in [2.75, 3.05) is 13.7 Å². The predicted molar refractivity (Wildman–Crippen MR) is 74.2 cm³/mol. The van der Waals surface area contributed by atoms with Crippen molar-refractivity contribution in [1.82, 2.24) is 0 Å². The number of aryl methyl sites for hydroxylation is 2. The summed E-state index contributed by atoms with van der Waals surface area (Å²) in [4.78, 5) is 12.4. The van der Waals surface area contributed by atoms with Gasteiger partial charge in [0, 0.05) is 18.0 Å². The summed E-state index contributed by atoms with van der Waals surface area (Å²) in [5.41, 5.74) is 8.40. The number of Topliss-reactive ketones (excluding diaryl/α,β-unsaturated/α-hetero) is 1. The summed E-state index contributed by atoms with van der Waals surface area (Å²) < 4.78 is 5.31. The highest BCUT2D eigenvalue weighted by molar-refractivity contribution is 5.98. The Morgan fingerprint density at radius 3 is 2.11 bits per heavy atom. The molecule has 1 aromatic carbocycles. The first-order chi connectivity index (χ1) is 8.42. The Bertz CT molecular complexity index is 415. The quantitative estimate of drug-likeness (QED) is 0.816. The van der Waals surface area contributed by atoms with Gasteiger partial charge in [0.05, 0.1) is 7.11 Å². The largest absolute Gasteiger partial charge is 0.496 e. The fraction of sp³-hybridized carbons (Fsp3) is 0.533. The molecule has 0 saturated heterocycles. The van der Waals surface area contributed by atoms with Crippen LogP contribution >= 0.6 is 0 Å². The van der Waals surface area contributed by atoms with Crippen LogP contribution in [0.1, 0.15) is 35.3 Å². The van der Waals surface area contributed by atoms with Crippen LogP contribution in [0.2, 0.25) is 0 Å². The van der Waals surface area contributed by atoms with Gasteiger partial charge in [-0.1, -0.05) is 13.8 Å². The SMILES string of the molecule is COc1c(C)cc(C(=O)C(CN)C(C)C)cc1C. The molecule has 1 atom stereocenters. The van der Waals surface area contributed by atoms with Gasteiger partial charge in [0.1, 0.15) is 5.75 Å². The third kappa shape index (κ3) is 2.91. The average molecular weight is 249 g/mol. The van der Waals surface area contributed by atoms with E-state index < -0.39 is 0 Å². The molecule has 0 bridgehead atoms. The monoisotopic (exact) mass is 249 g/mol. The van der Waals surface area contributed by atoms with Crippen LogP contribution in [-0.2, 0) is 0 Å². The van der Waals surface area contributed by atoms with E-state index in [0.29, 0.717) is 6.54 Å². The lowest BCUT2D eigenvalue weighted by atomic mass is 9.87. The van der Waals surface area contributed by atoms with E-state index in [4.69, 9.17) is 10.5 Å². The van der Waals surface area contributed by atoms with Crippen molar-refractivity contribution in [3.8, 4) is 5.75 Å². The number of methoxy groups -OCH3 is 1. The molecular weight excluding hydrogens is 226 g/mol. The second-order valence-corrected chi connectivity index (χ2v) is 5.09. The molecule has 2 N–H and O–H groups in total. The van der Waals surface area contributed by atoms with Gasteiger partial charge in [-0.2, -0.15) is 0 Å². The van der Waals surface area contributed by atoms with E-state index in [-0.39, 0.29) is 17.6 Å². The van der Waals surface area contributed by atoms with Crippen molar-refractivity contribution in [1.29, 1.82) is 0 Å². The fourth-order valence-electron chi connectivity index (χ4n) is 2.31. The van der Waals surface area contributed by atoms with E-state index >= 15 is 0 Å². The highest BCUT2D eigenvalue weighted by atomic mass is 16.5. The van der Waals surface area contributed by atoms with Crippen molar-refractivity contribution in [2.45, 2.75) is 27.7 Å². The molecule has 3 heteroatoms. The molecule has 0 heterocycles. The van der Waals surface area contributed by atoms with E-state index in [2.05, 4.69) is 0 Å². The standard InChI is InChI=1S/C15H23NO2/c1-9(2)13(8-16)14(17)12-6-10(3)15(18-5)11(4)7-12/h6-7,9,13H,8,16H2,1-5H3. The molecule has 1 rings (SSSR count). The van der Waals surface area contributed by atoms with Crippen LogP contribution in [0.15, 0.2) is 12.1 Å². The van der Waals surface area contributed by atoms with E-state index in [1.165, 1.54) is 0 Å². The summed E-state index contributed by atoms with van der Waals surface area (Å²) in [6.07, 6.45) is 0. The summed E-state index contributed by atoms with van der Waals surface area (Å²) >= 11 is 0. The van der Waals surface area contributed by atoms with E-state index in [1.807, 2.05) is 39.8 Å². The van der Waals surface area contributed by atoms with Gasteiger partial charge < -0.3 is 10.5 Å². The number of ether oxygens (including phenoxy) is 1. The average Bonchev–Trinajstić information content (AvgIpc) is 2.28. The zero-order valence-corrected chi connectivity index (χ0v) is 11.9. The minimum absolute atomic E-state index is 0.114. The molecule has 0 aliphatic heterocycles. The van der Waals surface area contributed by atoms with Crippen LogP contribution in [0.5, 0.6) is 5.75 Å². The number of hydrogen-bond acceptors (Lipinski definition) is 3. The maximum absolute atomic E-state index is 12.4. The molecule has 0 radical (unpaired) electrons. The van der Waals surface area contributed by atoms with Gasteiger partial charge in [-0.25, -0.2) is 0 Å². The van der Waals surface area contributed by atoms with Crippen LogP contribution in [-0.4, -0.2) is 19.4 Å². The smallest absolute Gasteiger partial charge is 0.167 e. The Labute approximate surface area is 109 Å². The molecule has 0 fully saturated rings. The number of carbonyl (C=O) groups excluding carboxylic acids is 1. The summed E-state index contributed by atoms with van der Waals surface area (Å²) in [7, 11) is 1.65. The third-order valence-electron chi connectivity index (χ3n) is 3.34. The minimum Gasteiger partial charge on any atom is -0.496 e. The van der Waals surface area contributed by atoms with E-state index in [1.54, 1.807) is 7.11 Å². The second kappa shape index (κ2) is 6.01. The zero-order valence-electron chi connectivity index (χ0n) is 11.9. The first-order valence-electron chi connectivity index (χ1n) is 6.31. The van der Waals surface area contributed by atoms with Crippen LogP contribution in [0, 0.1) is 25.7 Å². The lowest BCUT2D eigenvalue weighted by Gasteiger charge is -2.19. The molecule has 0 aliphatic carbocycles. The van der Waals surface area contributed by atoms with Gasteiger partial charge in [-0.15, -0.1) is 0 Å². The number of nitrogens with two attached hydrogens (primary N) is 1. The Morgan fingerprint density at radius 1 is 1.28 bits per heavy atom. The molecule has 0 saturated carbocycles. The van der Waals surface area contributed by atoms with Crippen molar-refractivity contribution in [3.63, 3.8) is 0 Å². The normalized spacial score (nSPS) is 12.6. The topological polar surface area (TPSA) is 52.3 Å². The molecule has 1 unspecified atom stereocenters. The van der Waals surface area contributed by atoms with Gasteiger partial charge >= 0.3 is 0 Å². The molecule has 18 heavy (non-hydrogen) atoms. The fourth-order valence-corrected chi connectivity index (χ4v) is 2.31. The first-order valence-corrected chi connectivity index (χ1v) is 6.31. The van der Waals surface area contributed by atoms with Crippen molar-refractivity contribution in [2.24, 2.45) is 17.6 Å². The number of ketones is 1. The molecule has 0 amide bonds. The minimum atomic E-state index is -0.114. The predicted octanol–water partition coefficient (Wildman–Crippen LogP) is 2.73. The van der Waals surface area contributed by atoms with Gasteiger partial charge in [0.2, 0.25) is 0 Å². The summed E-state index contributed by atoms with van der Waals surface area (Å²) in [5.74, 6) is 1.11. The Balaban J connectivity index is 3.15. The van der Waals surface area contributed by atoms with Gasteiger partial charge in [0.25, 0.3) is 0 Å². The van der Waals surface area contributed by atoms with Gasteiger partial charge in [-0.05, 0) is 43.0 Å². The lowest BCUT2D eigenvalue weighted by Crippen LogP contribution is -2.28. The lowest BCUT2D eigenvalue weighted by molar-refractivity contribution is 0.0892. The highest BCUT2D eigenvalue weighted by Crippen LogP contribution is 2.26. The van der Waals surface area contributed by atoms with Crippen LogP contribution in [0.4, 0.5) is 0 Å². The third-order valence-corrected chi connectivity index (χ3v) is 3.34. The Hall–Kier alpha value is -1.35. The second-order valence-electron chi connectivity index (χ2n) is 5.09. The summed E-state index contributed by atoms with van der Waals surface area (Å²) in [6, 6.07) is 3.78. The number of rotatable bonds is 5. The van der Waals surface area contributed by atoms with E-state index in [9.17, 15) is 4.79 Å². The molecule has 100 valence electrons. The van der Waals surface area contributed by atoms with Crippen LogP contribution in [0.25, 0.3) is 0 Å². The van der Waals surface area contributed by atoms with E-state index in [0.717, 1.165) is 22.4 Å². The number of benzene rings is 1. The van der Waals surface area contributed by atoms with Crippen LogP contribution < -0.4 is 10.5 Å². The Kier molecular flexibility index (Phi) is 4.91. The molecule has 0 aliphatic rings. The first kappa shape index (κ1) is 14.7. The van der Waals surface area contributed by atoms with Gasteiger partial charge in [-0.3, -0.25) is 4.79 Å². The molecule has 1 aromatic rings. The summed E-state index contributed by atoms with van der Waals surface area (Å²) in [6.45, 7) is 8.35. The maximum Gasteiger partial charge on any atom is 0.167 e. The maximum atomic E-state index is 12.4. The zero-order chi connectivity index (χ0) is 13.9. The number of carbonyl (C=O) groups is 1. The van der Waals surface area contributed by atoms with Crippen molar-refractivity contribution < 1.29 is 9.53 Å².